The number of fused-ring (bicyclic) bond motifs is 1. The lowest BCUT2D eigenvalue weighted by Crippen LogP contribution is -2.51. The van der Waals surface area contributed by atoms with Gasteiger partial charge in [0.15, 0.2) is 0 Å². The van der Waals surface area contributed by atoms with Crippen LogP contribution in [0.5, 0.6) is 5.75 Å². The third-order valence-electron chi connectivity index (χ3n) is 4.36. The van der Waals surface area contributed by atoms with Crippen LogP contribution in [0.2, 0.25) is 0 Å². The third-order valence-corrected chi connectivity index (χ3v) is 4.36. The Morgan fingerprint density at radius 2 is 1.74 bits per heavy atom. The number of phenolic OH excluding ortho intramolecular Hbond substituents is 1. The van der Waals surface area contributed by atoms with E-state index in [-0.39, 0.29) is 5.75 Å². The number of phenols is 1. The molecule has 124 valence electrons. The highest BCUT2D eigenvalue weighted by molar-refractivity contribution is 5.91. The van der Waals surface area contributed by atoms with Gasteiger partial charge in [-0.1, -0.05) is 30.3 Å². The molecule has 23 heavy (non-hydrogen) atoms. The molecule has 0 bridgehead atoms. The molecule has 0 aromatic heterocycles. The van der Waals surface area contributed by atoms with Crippen LogP contribution in [0.25, 0.3) is 10.8 Å². The Morgan fingerprint density at radius 1 is 1.09 bits per heavy atom. The second-order valence-corrected chi connectivity index (χ2v) is 5.83. The average Bonchev–Trinajstić information content (AvgIpc) is 2.58. The van der Waals surface area contributed by atoms with Crippen LogP contribution in [0.1, 0.15) is 11.6 Å². The highest BCUT2D eigenvalue weighted by atomic mass is 19.3. The Balaban J connectivity index is 2.15. The van der Waals surface area contributed by atoms with Crippen LogP contribution in [0.15, 0.2) is 36.4 Å². The van der Waals surface area contributed by atoms with Gasteiger partial charge in [-0.25, -0.2) is 8.78 Å². The summed E-state index contributed by atoms with van der Waals surface area (Å²) in [7, 11) is 0. The predicted octanol–water partition coefficient (Wildman–Crippen LogP) is 2.12. The van der Waals surface area contributed by atoms with E-state index in [9.17, 15) is 19.0 Å². The van der Waals surface area contributed by atoms with Crippen LogP contribution < -0.4 is 5.32 Å². The average molecular weight is 322 g/mol. The van der Waals surface area contributed by atoms with Crippen LogP contribution in [-0.2, 0) is 0 Å². The lowest BCUT2D eigenvalue weighted by atomic mass is 9.92. The number of nitrogens with one attached hydrogen (secondary N) is 1. The number of aromatic hydroxyl groups is 1. The summed E-state index contributed by atoms with van der Waals surface area (Å²) in [4.78, 5) is 1.70. The van der Waals surface area contributed by atoms with Gasteiger partial charge in [-0.3, -0.25) is 4.90 Å². The molecule has 0 radical (unpaired) electrons. The summed E-state index contributed by atoms with van der Waals surface area (Å²) in [5.41, 5.74) is 0.430. The Morgan fingerprint density at radius 3 is 2.39 bits per heavy atom. The normalized spacial score (nSPS) is 18.2. The largest absolute Gasteiger partial charge is 0.507 e. The first-order chi connectivity index (χ1) is 11.0. The molecule has 4 nitrogen and oxygen atoms in total. The van der Waals surface area contributed by atoms with Crippen molar-refractivity contribution in [3.63, 3.8) is 0 Å². The monoisotopic (exact) mass is 322 g/mol. The Kier molecular flexibility index (Phi) is 4.48. The molecule has 0 amide bonds. The van der Waals surface area contributed by atoms with E-state index in [0.717, 1.165) is 0 Å². The second-order valence-electron chi connectivity index (χ2n) is 5.83. The molecule has 0 saturated carbocycles. The summed E-state index contributed by atoms with van der Waals surface area (Å²) in [6.45, 7) is 1.02. The fourth-order valence-corrected chi connectivity index (χ4v) is 3.26. The smallest absolute Gasteiger partial charge is 0.289 e. The molecular formula is C17H20F2N2O2. The fourth-order valence-electron chi connectivity index (χ4n) is 3.26. The van der Waals surface area contributed by atoms with Crippen LogP contribution in [-0.4, -0.2) is 53.8 Å². The van der Waals surface area contributed by atoms with Crippen molar-refractivity contribution in [2.45, 2.75) is 12.0 Å². The van der Waals surface area contributed by atoms with Crippen LogP contribution in [0, 0.1) is 0 Å². The van der Waals surface area contributed by atoms with Crippen LogP contribution in [0.3, 0.4) is 0 Å². The van der Waals surface area contributed by atoms with E-state index in [2.05, 4.69) is 5.32 Å². The number of alkyl halides is 2. The van der Waals surface area contributed by atoms with Gasteiger partial charge in [-0.2, -0.15) is 0 Å². The lowest BCUT2D eigenvalue weighted by Gasteiger charge is -2.39. The highest BCUT2D eigenvalue weighted by Crippen LogP contribution is 2.41. The second kappa shape index (κ2) is 6.39. The maximum atomic E-state index is 14.5. The zero-order valence-electron chi connectivity index (χ0n) is 12.7. The zero-order valence-corrected chi connectivity index (χ0v) is 12.7. The summed E-state index contributed by atoms with van der Waals surface area (Å²) in [5, 5.41) is 23.5. The predicted molar refractivity (Wildman–Crippen MR) is 84.8 cm³/mol. The summed E-state index contributed by atoms with van der Waals surface area (Å²) < 4.78 is 29.1. The Bertz CT molecular complexity index is 687. The first kappa shape index (κ1) is 16.1. The standard InChI is InChI=1S/C17H20F2N2O2/c18-17(19,11-22)16(21-9-7-20-8-10-21)14-5-6-15(23)13-4-2-1-3-12(13)14/h1-6,16,20,22-23H,7-11H2/t16-/m1/s1. The van der Waals surface area contributed by atoms with Gasteiger partial charge in [-0.15, -0.1) is 0 Å². The molecule has 1 aliphatic heterocycles. The van der Waals surface area contributed by atoms with E-state index in [0.29, 0.717) is 42.5 Å². The summed E-state index contributed by atoms with van der Waals surface area (Å²) >= 11 is 0. The van der Waals surface area contributed by atoms with Gasteiger partial charge in [0.05, 0.1) is 0 Å². The minimum Gasteiger partial charge on any atom is -0.507 e. The molecule has 0 spiro atoms. The number of piperazine rings is 1. The number of halogens is 2. The van der Waals surface area contributed by atoms with Crippen LogP contribution in [0.4, 0.5) is 8.78 Å². The van der Waals surface area contributed by atoms with Crippen molar-refractivity contribution in [2.24, 2.45) is 0 Å². The number of aliphatic hydroxyl groups excluding tert-OH is 1. The number of aliphatic hydroxyl groups is 1. The van der Waals surface area contributed by atoms with Crippen molar-refractivity contribution in [3.05, 3.63) is 42.0 Å². The van der Waals surface area contributed by atoms with E-state index in [1.165, 1.54) is 12.1 Å². The van der Waals surface area contributed by atoms with Crippen molar-refractivity contribution < 1.29 is 19.0 Å². The molecule has 0 unspecified atom stereocenters. The number of rotatable bonds is 4. The van der Waals surface area contributed by atoms with Crippen molar-refractivity contribution in [3.8, 4) is 5.75 Å². The molecule has 2 aromatic rings. The highest BCUT2D eigenvalue weighted by Gasteiger charge is 2.44. The summed E-state index contributed by atoms with van der Waals surface area (Å²) in [6, 6.07) is 8.72. The lowest BCUT2D eigenvalue weighted by molar-refractivity contribution is -0.118. The van der Waals surface area contributed by atoms with Gasteiger partial charge in [0.1, 0.15) is 18.4 Å². The van der Waals surface area contributed by atoms with Gasteiger partial charge in [0.2, 0.25) is 0 Å². The zero-order chi connectivity index (χ0) is 16.4. The molecule has 1 fully saturated rings. The first-order valence-electron chi connectivity index (χ1n) is 7.68. The summed E-state index contributed by atoms with van der Waals surface area (Å²) in [5.74, 6) is -3.20. The molecule has 1 saturated heterocycles. The van der Waals surface area contributed by atoms with E-state index in [4.69, 9.17) is 0 Å². The SMILES string of the molecule is OCC(F)(F)[C@@H](c1ccc(O)c2ccccc12)N1CCNCC1. The maximum absolute atomic E-state index is 14.5. The number of hydrogen-bond acceptors (Lipinski definition) is 4. The van der Waals surface area contributed by atoms with Crippen molar-refractivity contribution in [1.29, 1.82) is 0 Å². The number of benzene rings is 2. The van der Waals surface area contributed by atoms with Gasteiger partial charge in [0, 0.05) is 31.6 Å². The molecule has 6 heteroatoms. The van der Waals surface area contributed by atoms with E-state index < -0.39 is 18.6 Å². The molecule has 3 N–H and O–H groups in total. The van der Waals surface area contributed by atoms with Gasteiger partial charge >= 0.3 is 0 Å². The summed E-state index contributed by atoms with van der Waals surface area (Å²) in [6.07, 6.45) is 0. The molecule has 0 aliphatic carbocycles. The Labute approximate surface area is 133 Å². The molecular weight excluding hydrogens is 302 g/mol. The van der Waals surface area contributed by atoms with Crippen molar-refractivity contribution in [2.75, 3.05) is 32.8 Å². The van der Waals surface area contributed by atoms with E-state index >= 15 is 0 Å². The number of nitrogens with zero attached hydrogens (tertiary/aromatic N) is 1. The van der Waals surface area contributed by atoms with Gasteiger partial charge in [-0.05, 0) is 17.0 Å². The third kappa shape index (κ3) is 3.02. The molecule has 3 rings (SSSR count). The molecule has 1 atom stereocenters. The van der Waals surface area contributed by atoms with E-state index in [1.54, 1.807) is 29.2 Å². The number of hydrogen-bond donors (Lipinski definition) is 3. The first-order valence-corrected chi connectivity index (χ1v) is 7.68. The van der Waals surface area contributed by atoms with Crippen molar-refractivity contribution >= 4 is 10.8 Å². The maximum Gasteiger partial charge on any atom is 0.289 e. The minimum absolute atomic E-state index is 0.0655. The molecule has 2 aromatic carbocycles. The molecule has 1 aliphatic rings. The molecule has 1 heterocycles. The van der Waals surface area contributed by atoms with Gasteiger partial charge < -0.3 is 15.5 Å². The minimum atomic E-state index is -3.27. The van der Waals surface area contributed by atoms with Gasteiger partial charge in [0.25, 0.3) is 5.92 Å². The van der Waals surface area contributed by atoms with Crippen molar-refractivity contribution in [1.82, 2.24) is 10.2 Å². The fraction of sp³-hybridized carbons (Fsp3) is 0.412. The van der Waals surface area contributed by atoms with E-state index in [1.807, 2.05) is 0 Å². The van der Waals surface area contributed by atoms with Crippen LogP contribution >= 0.6 is 0 Å². The Hall–Kier alpha value is -1.76. The quantitative estimate of drug-likeness (QED) is 0.807. The topological polar surface area (TPSA) is 55.7 Å².